The van der Waals surface area contributed by atoms with E-state index in [0.29, 0.717) is 0 Å². The fraction of sp³-hybridized carbons (Fsp3) is 0.333. The molecule has 1 aromatic carbocycles. The van der Waals surface area contributed by atoms with E-state index in [0.717, 1.165) is 12.1 Å². The SMILES string of the molecule is Nc1cc(F)cc(Br)c1OCCC(F)(F)F. The van der Waals surface area contributed by atoms with Gasteiger partial charge in [-0.15, -0.1) is 0 Å². The summed E-state index contributed by atoms with van der Waals surface area (Å²) in [5.41, 5.74) is 5.35. The highest BCUT2D eigenvalue weighted by atomic mass is 79.9. The Labute approximate surface area is 97.5 Å². The number of hydrogen-bond acceptors (Lipinski definition) is 2. The molecule has 0 bridgehead atoms. The van der Waals surface area contributed by atoms with E-state index in [4.69, 9.17) is 10.5 Å². The third-order valence-corrected chi connectivity index (χ3v) is 2.26. The second kappa shape index (κ2) is 4.90. The number of alkyl halides is 3. The van der Waals surface area contributed by atoms with Crippen molar-refractivity contribution >= 4 is 21.6 Å². The molecule has 0 spiro atoms. The molecule has 90 valence electrons. The zero-order chi connectivity index (χ0) is 12.3. The summed E-state index contributed by atoms with van der Waals surface area (Å²) in [5.74, 6) is -0.571. The van der Waals surface area contributed by atoms with Crippen molar-refractivity contribution in [2.45, 2.75) is 12.6 Å². The number of hydrogen-bond donors (Lipinski definition) is 1. The lowest BCUT2D eigenvalue weighted by Crippen LogP contribution is -2.13. The largest absolute Gasteiger partial charge is 0.490 e. The van der Waals surface area contributed by atoms with Gasteiger partial charge in [0.25, 0.3) is 0 Å². The van der Waals surface area contributed by atoms with Crippen LogP contribution in [-0.2, 0) is 0 Å². The van der Waals surface area contributed by atoms with Crippen LogP contribution in [0, 0.1) is 5.82 Å². The predicted octanol–water partition coefficient (Wildman–Crippen LogP) is 3.50. The van der Waals surface area contributed by atoms with Crippen molar-refractivity contribution in [2.24, 2.45) is 0 Å². The number of nitrogens with two attached hydrogens (primary N) is 1. The van der Waals surface area contributed by atoms with E-state index in [9.17, 15) is 17.6 Å². The maximum absolute atomic E-state index is 12.8. The minimum absolute atomic E-state index is 0.0191. The quantitative estimate of drug-likeness (QED) is 0.685. The Bertz CT molecular complexity index is 357. The Morgan fingerprint density at radius 3 is 2.44 bits per heavy atom. The number of benzene rings is 1. The molecule has 0 heterocycles. The van der Waals surface area contributed by atoms with Gasteiger partial charge < -0.3 is 10.5 Å². The monoisotopic (exact) mass is 301 g/mol. The molecule has 0 aliphatic rings. The molecule has 1 rings (SSSR count). The van der Waals surface area contributed by atoms with Crippen LogP contribution in [0.25, 0.3) is 0 Å². The predicted molar refractivity (Wildman–Crippen MR) is 54.7 cm³/mol. The molecule has 0 amide bonds. The Hall–Kier alpha value is -0.980. The van der Waals surface area contributed by atoms with E-state index < -0.39 is 25.0 Å². The van der Waals surface area contributed by atoms with Crippen molar-refractivity contribution in [1.29, 1.82) is 0 Å². The molecule has 7 heteroatoms. The van der Waals surface area contributed by atoms with E-state index >= 15 is 0 Å². The first-order valence-corrected chi connectivity index (χ1v) is 5.03. The third-order valence-electron chi connectivity index (χ3n) is 1.67. The van der Waals surface area contributed by atoms with Gasteiger partial charge in [0.1, 0.15) is 5.82 Å². The van der Waals surface area contributed by atoms with Crippen molar-refractivity contribution in [3.63, 3.8) is 0 Å². The van der Waals surface area contributed by atoms with Crippen molar-refractivity contribution < 1.29 is 22.3 Å². The molecule has 16 heavy (non-hydrogen) atoms. The second-order valence-electron chi connectivity index (χ2n) is 3.02. The first-order chi connectivity index (χ1) is 7.29. The van der Waals surface area contributed by atoms with Crippen LogP contribution in [0.3, 0.4) is 0 Å². The first kappa shape index (κ1) is 13.1. The van der Waals surface area contributed by atoms with Crippen LogP contribution in [-0.4, -0.2) is 12.8 Å². The summed E-state index contributed by atoms with van der Waals surface area (Å²) >= 11 is 2.95. The number of ether oxygens (including phenoxy) is 1. The standard InChI is InChI=1S/C9H8BrF4NO/c10-6-3-5(11)4-7(15)8(6)16-2-1-9(12,13)14/h3-4H,1-2,15H2. The molecule has 0 saturated carbocycles. The molecular weight excluding hydrogens is 294 g/mol. The summed E-state index contributed by atoms with van der Waals surface area (Å²) in [6.45, 7) is -0.558. The van der Waals surface area contributed by atoms with Crippen molar-refractivity contribution in [2.75, 3.05) is 12.3 Å². The minimum Gasteiger partial charge on any atom is -0.490 e. The summed E-state index contributed by atoms with van der Waals surface area (Å²) in [4.78, 5) is 0. The summed E-state index contributed by atoms with van der Waals surface area (Å²) in [7, 11) is 0. The van der Waals surface area contributed by atoms with Gasteiger partial charge in [0.05, 0.1) is 23.2 Å². The van der Waals surface area contributed by atoms with E-state index in [1.807, 2.05) is 0 Å². The van der Waals surface area contributed by atoms with Gasteiger partial charge >= 0.3 is 6.18 Å². The Morgan fingerprint density at radius 1 is 1.31 bits per heavy atom. The fourth-order valence-corrected chi connectivity index (χ4v) is 1.56. The second-order valence-corrected chi connectivity index (χ2v) is 3.87. The smallest absolute Gasteiger partial charge is 0.392 e. The van der Waals surface area contributed by atoms with Gasteiger partial charge in [-0.2, -0.15) is 13.2 Å². The first-order valence-electron chi connectivity index (χ1n) is 4.23. The number of rotatable bonds is 3. The molecule has 2 N–H and O–H groups in total. The molecule has 0 atom stereocenters. The van der Waals surface area contributed by atoms with Gasteiger partial charge in [-0.1, -0.05) is 0 Å². The third kappa shape index (κ3) is 3.88. The molecule has 0 radical (unpaired) electrons. The van der Waals surface area contributed by atoms with Gasteiger partial charge in [0.15, 0.2) is 5.75 Å². The van der Waals surface area contributed by atoms with Crippen molar-refractivity contribution in [3.05, 3.63) is 22.4 Å². The number of halogens is 5. The molecule has 0 fully saturated rings. The molecule has 0 unspecified atom stereocenters. The fourth-order valence-electron chi connectivity index (χ4n) is 1.00. The topological polar surface area (TPSA) is 35.2 Å². The van der Waals surface area contributed by atoms with Crippen molar-refractivity contribution in [3.8, 4) is 5.75 Å². The van der Waals surface area contributed by atoms with E-state index in [1.165, 1.54) is 0 Å². The zero-order valence-electron chi connectivity index (χ0n) is 7.94. The lowest BCUT2D eigenvalue weighted by atomic mass is 10.3. The van der Waals surface area contributed by atoms with Crippen LogP contribution < -0.4 is 10.5 Å². The highest BCUT2D eigenvalue weighted by Gasteiger charge is 2.27. The highest BCUT2D eigenvalue weighted by molar-refractivity contribution is 9.10. The molecule has 2 nitrogen and oxygen atoms in total. The van der Waals surface area contributed by atoms with E-state index in [1.54, 1.807) is 0 Å². The van der Waals surface area contributed by atoms with Gasteiger partial charge in [0.2, 0.25) is 0 Å². The van der Waals surface area contributed by atoms with Crippen LogP contribution >= 0.6 is 15.9 Å². The van der Waals surface area contributed by atoms with Crippen LogP contribution in [0.2, 0.25) is 0 Å². The summed E-state index contributed by atoms with van der Waals surface area (Å²) in [6.07, 6.45) is -5.38. The highest BCUT2D eigenvalue weighted by Crippen LogP contribution is 2.33. The molecule has 1 aromatic rings. The average molecular weight is 302 g/mol. The molecule has 0 aliphatic carbocycles. The summed E-state index contributed by atoms with van der Waals surface area (Å²) < 4.78 is 53.3. The van der Waals surface area contributed by atoms with Crippen LogP contribution in [0.15, 0.2) is 16.6 Å². The lowest BCUT2D eigenvalue weighted by Gasteiger charge is -2.12. The van der Waals surface area contributed by atoms with Crippen LogP contribution in [0.1, 0.15) is 6.42 Å². The Morgan fingerprint density at radius 2 is 1.94 bits per heavy atom. The maximum atomic E-state index is 12.8. The Kier molecular flexibility index (Phi) is 4.01. The lowest BCUT2D eigenvalue weighted by molar-refractivity contribution is -0.139. The summed E-state index contributed by atoms with van der Waals surface area (Å²) in [5, 5.41) is 0. The van der Waals surface area contributed by atoms with E-state index in [2.05, 4.69) is 15.9 Å². The zero-order valence-corrected chi connectivity index (χ0v) is 9.53. The van der Waals surface area contributed by atoms with E-state index in [-0.39, 0.29) is 15.9 Å². The van der Waals surface area contributed by atoms with Crippen LogP contribution in [0.4, 0.5) is 23.2 Å². The number of anilines is 1. The van der Waals surface area contributed by atoms with Crippen molar-refractivity contribution in [1.82, 2.24) is 0 Å². The van der Waals surface area contributed by atoms with Gasteiger partial charge in [0, 0.05) is 6.07 Å². The maximum Gasteiger partial charge on any atom is 0.392 e. The molecule has 0 saturated heterocycles. The molecule has 0 aliphatic heterocycles. The van der Waals surface area contributed by atoms with Crippen LogP contribution in [0.5, 0.6) is 5.75 Å². The molecule has 0 aromatic heterocycles. The molecular formula is C9H8BrF4NO. The Balaban J connectivity index is 2.68. The van der Waals surface area contributed by atoms with Gasteiger partial charge in [-0.3, -0.25) is 0 Å². The minimum atomic E-state index is -4.29. The van der Waals surface area contributed by atoms with Gasteiger partial charge in [-0.05, 0) is 22.0 Å². The average Bonchev–Trinajstić information content (AvgIpc) is 2.07. The normalized spacial score (nSPS) is 11.6. The van der Waals surface area contributed by atoms with Gasteiger partial charge in [-0.25, -0.2) is 4.39 Å². The summed E-state index contributed by atoms with van der Waals surface area (Å²) in [6, 6.07) is 2.05. The number of nitrogen functional groups attached to an aromatic ring is 1.